The minimum atomic E-state index is -0.593. The van der Waals surface area contributed by atoms with Crippen LogP contribution in [0.1, 0.15) is 45.6 Å². The lowest BCUT2D eigenvalue weighted by Crippen LogP contribution is -2.35. The van der Waals surface area contributed by atoms with Gasteiger partial charge in [-0.15, -0.1) is 0 Å². The maximum atomic E-state index is 15.0. The van der Waals surface area contributed by atoms with Gasteiger partial charge in [0.2, 0.25) is 5.91 Å². The van der Waals surface area contributed by atoms with Gasteiger partial charge >= 0.3 is 6.09 Å². The topological polar surface area (TPSA) is 79.0 Å². The molecule has 2 aliphatic rings. The predicted octanol–water partition coefficient (Wildman–Crippen LogP) is 5.80. The SMILES string of the molecule is CCC1=CC(C)(C)[C@@H](C(=O)CCC(=O)NCC2CN(c3ccc(N(C)Cc4ccccc4)c(F)c3)C(=O)O2)C=C1. The average molecular weight is 548 g/mol. The van der Waals surface area contributed by atoms with Crippen molar-refractivity contribution in [2.75, 3.05) is 29.9 Å². The third kappa shape index (κ3) is 6.97. The number of rotatable bonds is 11. The van der Waals surface area contributed by atoms with E-state index in [1.807, 2.05) is 68.3 Å². The van der Waals surface area contributed by atoms with Crippen LogP contribution < -0.4 is 15.1 Å². The van der Waals surface area contributed by atoms with E-state index in [-0.39, 0.29) is 49.0 Å². The molecule has 0 radical (unpaired) electrons. The highest BCUT2D eigenvalue weighted by atomic mass is 19.1. The highest BCUT2D eigenvalue weighted by molar-refractivity contribution is 5.90. The van der Waals surface area contributed by atoms with Gasteiger partial charge in [-0.1, -0.05) is 74.9 Å². The molecule has 212 valence electrons. The van der Waals surface area contributed by atoms with Crippen LogP contribution in [-0.4, -0.2) is 44.0 Å². The Morgan fingerprint density at radius 3 is 2.58 bits per heavy atom. The summed E-state index contributed by atoms with van der Waals surface area (Å²) < 4.78 is 20.4. The van der Waals surface area contributed by atoms with E-state index >= 15 is 0 Å². The summed E-state index contributed by atoms with van der Waals surface area (Å²) in [5.41, 5.74) is 2.79. The number of ether oxygens (including phenoxy) is 1. The van der Waals surface area contributed by atoms with E-state index in [0.29, 0.717) is 17.9 Å². The number of allylic oxidation sites excluding steroid dienone is 4. The van der Waals surface area contributed by atoms with Crippen molar-refractivity contribution in [1.82, 2.24) is 5.32 Å². The predicted molar refractivity (Wildman–Crippen MR) is 155 cm³/mol. The standard InChI is InChI=1S/C32H38FN3O4/c1-5-22-11-13-26(32(2,3)18-22)29(37)15-16-30(38)34-19-25-21-36(31(39)40-25)24-12-14-28(27(33)17-24)35(4)20-23-9-7-6-8-10-23/h6-14,17-18,25-26H,5,15-16,19-21H2,1-4H3,(H,34,38)/t25?,26-/m1/s1. The average Bonchev–Trinajstić information content (AvgIpc) is 3.30. The van der Waals surface area contributed by atoms with E-state index in [9.17, 15) is 18.8 Å². The van der Waals surface area contributed by atoms with Gasteiger partial charge in [-0.3, -0.25) is 14.5 Å². The van der Waals surface area contributed by atoms with Crippen molar-refractivity contribution in [3.63, 3.8) is 0 Å². The Balaban J connectivity index is 1.25. The summed E-state index contributed by atoms with van der Waals surface area (Å²) >= 11 is 0. The molecular formula is C32H38FN3O4. The molecule has 1 N–H and O–H groups in total. The summed E-state index contributed by atoms with van der Waals surface area (Å²) in [6.45, 7) is 7.01. The maximum absolute atomic E-state index is 15.0. The molecule has 1 aliphatic heterocycles. The molecule has 1 saturated heterocycles. The van der Waals surface area contributed by atoms with Crippen molar-refractivity contribution in [1.29, 1.82) is 0 Å². The smallest absolute Gasteiger partial charge is 0.414 e. The number of nitrogens with zero attached hydrogens (tertiary/aromatic N) is 2. The lowest BCUT2D eigenvalue weighted by atomic mass is 9.71. The Kier molecular flexibility index (Phi) is 9.07. The maximum Gasteiger partial charge on any atom is 0.414 e. The zero-order valence-corrected chi connectivity index (χ0v) is 23.7. The van der Waals surface area contributed by atoms with Crippen LogP contribution in [0.15, 0.2) is 72.3 Å². The number of halogens is 1. The number of amides is 2. The number of anilines is 2. The van der Waals surface area contributed by atoms with E-state index in [1.54, 1.807) is 12.1 Å². The molecule has 8 heteroatoms. The molecular weight excluding hydrogens is 509 g/mol. The van der Waals surface area contributed by atoms with Gasteiger partial charge in [0.25, 0.3) is 0 Å². The number of ketones is 1. The summed E-state index contributed by atoms with van der Waals surface area (Å²) in [4.78, 5) is 41.0. The largest absolute Gasteiger partial charge is 0.442 e. The van der Waals surface area contributed by atoms with E-state index in [0.717, 1.165) is 12.0 Å². The van der Waals surface area contributed by atoms with Crippen LogP contribution in [0.4, 0.5) is 20.6 Å². The summed E-state index contributed by atoms with van der Waals surface area (Å²) in [6.07, 6.45) is 6.03. The summed E-state index contributed by atoms with van der Waals surface area (Å²) in [5.74, 6) is -0.948. The second kappa shape index (κ2) is 12.5. The highest BCUT2D eigenvalue weighted by Crippen LogP contribution is 2.37. The minimum absolute atomic E-state index is 0.0289. The number of hydrogen-bond donors (Lipinski definition) is 1. The first-order chi connectivity index (χ1) is 19.1. The second-order valence-corrected chi connectivity index (χ2v) is 11.1. The van der Waals surface area contributed by atoms with Crippen molar-refractivity contribution in [2.24, 2.45) is 11.3 Å². The quantitative estimate of drug-likeness (QED) is 0.385. The lowest BCUT2D eigenvalue weighted by molar-refractivity contribution is -0.128. The Hall–Kier alpha value is -3.94. The summed E-state index contributed by atoms with van der Waals surface area (Å²) in [7, 11) is 1.81. The van der Waals surface area contributed by atoms with Crippen LogP contribution in [0, 0.1) is 17.2 Å². The van der Waals surface area contributed by atoms with E-state index in [1.165, 1.54) is 16.5 Å². The first-order valence-corrected chi connectivity index (χ1v) is 13.8. The molecule has 4 rings (SSSR count). The number of benzene rings is 2. The molecule has 0 saturated carbocycles. The number of carbonyl (C=O) groups is 3. The fourth-order valence-electron chi connectivity index (χ4n) is 5.29. The molecule has 7 nitrogen and oxygen atoms in total. The Labute approximate surface area is 235 Å². The molecule has 0 aromatic heterocycles. The van der Waals surface area contributed by atoms with Gasteiger partial charge in [-0.2, -0.15) is 0 Å². The highest BCUT2D eigenvalue weighted by Gasteiger charge is 2.35. The van der Waals surface area contributed by atoms with Crippen molar-refractivity contribution in [3.05, 3.63) is 83.7 Å². The van der Waals surface area contributed by atoms with Crippen molar-refractivity contribution in [3.8, 4) is 0 Å². The number of nitrogens with one attached hydrogen (secondary N) is 1. The molecule has 1 fully saturated rings. The van der Waals surface area contributed by atoms with Gasteiger partial charge in [0, 0.05) is 32.4 Å². The van der Waals surface area contributed by atoms with Crippen LogP contribution >= 0.6 is 0 Å². The number of carbonyl (C=O) groups excluding carboxylic acids is 3. The third-order valence-electron chi connectivity index (χ3n) is 7.53. The summed E-state index contributed by atoms with van der Waals surface area (Å²) in [5, 5.41) is 2.77. The van der Waals surface area contributed by atoms with Crippen LogP contribution in [0.25, 0.3) is 0 Å². The molecule has 1 aliphatic carbocycles. The van der Waals surface area contributed by atoms with Gasteiger partial charge in [0.1, 0.15) is 17.7 Å². The number of Topliss-reactive ketones (excluding diaryl/α,β-unsaturated/α-hetero) is 1. The zero-order valence-electron chi connectivity index (χ0n) is 23.7. The lowest BCUT2D eigenvalue weighted by Gasteiger charge is -2.32. The van der Waals surface area contributed by atoms with Crippen molar-refractivity contribution < 1.29 is 23.5 Å². The first kappa shape index (κ1) is 29.1. The fourth-order valence-corrected chi connectivity index (χ4v) is 5.29. The zero-order chi connectivity index (χ0) is 28.9. The van der Waals surface area contributed by atoms with Crippen LogP contribution in [0.2, 0.25) is 0 Å². The molecule has 40 heavy (non-hydrogen) atoms. The number of cyclic esters (lactones) is 1. The van der Waals surface area contributed by atoms with E-state index in [2.05, 4.69) is 18.3 Å². The van der Waals surface area contributed by atoms with Crippen molar-refractivity contribution in [2.45, 2.75) is 52.7 Å². The molecule has 2 aromatic carbocycles. The van der Waals surface area contributed by atoms with E-state index < -0.39 is 18.0 Å². The Morgan fingerprint density at radius 2 is 1.90 bits per heavy atom. The molecule has 0 bridgehead atoms. The number of hydrogen-bond acceptors (Lipinski definition) is 5. The van der Waals surface area contributed by atoms with Crippen LogP contribution in [0.5, 0.6) is 0 Å². The molecule has 2 amide bonds. The van der Waals surface area contributed by atoms with Gasteiger partial charge in [0.15, 0.2) is 0 Å². The Bertz CT molecular complexity index is 1300. The molecule has 0 spiro atoms. The van der Waals surface area contributed by atoms with Gasteiger partial charge < -0.3 is 15.0 Å². The first-order valence-electron chi connectivity index (χ1n) is 13.8. The van der Waals surface area contributed by atoms with Crippen molar-refractivity contribution >= 4 is 29.2 Å². The molecule has 1 heterocycles. The van der Waals surface area contributed by atoms with Gasteiger partial charge in [-0.25, -0.2) is 9.18 Å². The van der Waals surface area contributed by atoms with Gasteiger partial charge in [0.05, 0.1) is 24.5 Å². The fraction of sp³-hybridized carbons (Fsp3) is 0.406. The molecule has 2 aromatic rings. The van der Waals surface area contributed by atoms with Crippen LogP contribution in [-0.2, 0) is 20.9 Å². The molecule has 2 atom stereocenters. The van der Waals surface area contributed by atoms with E-state index in [4.69, 9.17) is 4.74 Å². The van der Waals surface area contributed by atoms with Gasteiger partial charge in [-0.05, 0) is 35.6 Å². The minimum Gasteiger partial charge on any atom is -0.442 e. The molecule has 1 unspecified atom stereocenters. The Morgan fingerprint density at radius 1 is 1.15 bits per heavy atom. The summed E-state index contributed by atoms with van der Waals surface area (Å²) in [6, 6.07) is 14.4. The normalized spacial score (nSPS) is 19.7. The third-order valence-corrected chi connectivity index (χ3v) is 7.53. The second-order valence-electron chi connectivity index (χ2n) is 11.1. The monoisotopic (exact) mass is 547 g/mol. The van der Waals surface area contributed by atoms with Crippen LogP contribution in [0.3, 0.4) is 0 Å².